The normalized spacial score (nSPS) is 20.6. The van der Waals surface area contributed by atoms with Crippen LogP contribution in [0.15, 0.2) is 24.3 Å². The van der Waals surface area contributed by atoms with E-state index in [2.05, 4.69) is 0 Å². The number of nitrogens with zero attached hydrogens (tertiary/aromatic N) is 1. The molecule has 1 aromatic carbocycles. The van der Waals surface area contributed by atoms with Crippen LogP contribution in [0.4, 0.5) is 18.0 Å². The second-order valence-corrected chi connectivity index (χ2v) is 5.83. The molecular weight excluding hydrogens is 363 g/mol. The molecule has 136 valence electrons. The molecule has 1 heterocycles. The molecule has 4 amide bonds. The number of hydrogen-bond acceptors (Lipinski definition) is 3. The number of rotatable bonds is 5. The third-order valence-electron chi connectivity index (χ3n) is 3.69. The van der Waals surface area contributed by atoms with Crippen molar-refractivity contribution in [2.75, 3.05) is 6.54 Å². The summed E-state index contributed by atoms with van der Waals surface area (Å²) in [6.45, 7) is 1.58. The fourth-order valence-electron chi connectivity index (χ4n) is 2.33. The van der Waals surface area contributed by atoms with Gasteiger partial charge in [-0.1, -0.05) is 37.1 Å². The lowest BCUT2D eigenvalue weighted by molar-refractivity contribution is -0.200. The summed E-state index contributed by atoms with van der Waals surface area (Å²) in [7, 11) is 0. The maximum absolute atomic E-state index is 13.6. The molecule has 2 rings (SSSR count). The molecule has 1 atom stereocenters. The van der Waals surface area contributed by atoms with Crippen molar-refractivity contribution < 1.29 is 27.6 Å². The van der Waals surface area contributed by atoms with E-state index >= 15 is 0 Å². The SMILES string of the molecule is CCCCN1C(=O)N[C@@](NC(=O)c2ccccc2Cl)(C(F)(F)F)C1=O. The second kappa shape index (κ2) is 6.91. The van der Waals surface area contributed by atoms with E-state index in [4.69, 9.17) is 11.6 Å². The van der Waals surface area contributed by atoms with E-state index in [0.29, 0.717) is 17.7 Å². The van der Waals surface area contributed by atoms with Gasteiger partial charge < -0.3 is 5.32 Å². The first-order valence-electron chi connectivity index (χ1n) is 7.42. The van der Waals surface area contributed by atoms with Crippen LogP contribution in [0, 0.1) is 0 Å². The molecule has 1 fully saturated rings. The third kappa shape index (κ3) is 3.41. The molecule has 1 saturated heterocycles. The van der Waals surface area contributed by atoms with Crippen LogP contribution in [0.2, 0.25) is 5.02 Å². The predicted octanol–water partition coefficient (Wildman–Crippen LogP) is 2.68. The number of halogens is 4. The van der Waals surface area contributed by atoms with Crippen LogP contribution in [-0.4, -0.2) is 41.1 Å². The van der Waals surface area contributed by atoms with Gasteiger partial charge in [0.15, 0.2) is 0 Å². The highest BCUT2D eigenvalue weighted by Gasteiger charge is 2.68. The largest absolute Gasteiger partial charge is 0.440 e. The van der Waals surface area contributed by atoms with Gasteiger partial charge in [0.1, 0.15) is 0 Å². The molecule has 1 aliphatic heterocycles. The number of alkyl halides is 3. The Labute approximate surface area is 146 Å². The van der Waals surface area contributed by atoms with Crippen LogP contribution in [0.5, 0.6) is 0 Å². The minimum Gasteiger partial charge on any atom is -0.314 e. The molecule has 25 heavy (non-hydrogen) atoms. The van der Waals surface area contributed by atoms with Crippen molar-refractivity contribution in [2.45, 2.75) is 31.6 Å². The Balaban J connectivity index is 2.37. The highest BCUT2D eigenvalue weighted by Crippen LogP contribution is 2.34. The lowest BCUT2D eigenvalue weighted by atomic mass is 10.1. The van der Waals surface area contributed by atoms with E-state index in [-0.39, 0.29) is 17.1 Å². The zero-order chi connectivity index (χ0) is 18.8. The van der Waals surface area contributed by atoms with Gasteiger partial charge >= 0.3 is 12.2 Å². The number of urea groups is 1. The van der Waals surface area contributed by atoms with Gasteiger partial charge in [0.25, 0.3) is 17.5 Å². The maximum atomic E-state index is 13.6. The molecule has 0 radical (unpaired) electrons. The van der Waals surface area contributed by atoms with Crippen molar-refractivity contribution in [1.29, 1.82) is 0 Å². The molecule has 1 aromatic rings. The summed E-state index contributed by atoms with van der Waals surface area (Å²) in [6.07, 6.45) is -4.33. The number of hydrogen-bond donors (Lipinski definition) is 2. The van der Waals surface area contributed by atoms with Gasteiger partial charge in [-0.2, -0.15) is 13.2 Å². The number of amides is 4. The van der Waals surface area contributed by atoms with Gasteiger partial charge in [0, 0.05) is 6.54 Å². The van der Waals surface area contributed by atoms with Crippen LogP contribution in [0.3, 0.4) is 0 Å². The lowest BCUT2D eigenvalue weighted by Crippen LogP contribution is -2.69. The number of unbranched alkanes of at least 4 members (excludes halogenated alkanes) is 1. The summed E-state index contributed by atoms with van der Waals surface area (Å²) >= 11 is 5.80. The Kier molecular flexibility index (Phi) is 5.26. The zero-order valence-corrected chi connectivity index (χ0v) is 13.9. The van der Waals surface area contributed by atoms with Gasteiger partial charge in [0.05, 0.1) is 10.6 Å². The van der Waals surface area contributed by atoms with Crippen LogP contribution >= 0.6 is 11.6 Å². The fraction of sp³-hybridized carbons (Fsp3) is 0.400. The number of benzene rings is 1. The van der Waals surface area contributed by atoms with Crippen molar-refractivity contribution in [2.24, 2.45) is 0 Å². The van der Waals surface area contributed by atoms with Crippen molar-refractivity contribution in [1.82, 2.24) is 15.5 Å². The molecular formula is C15H15ClF3N3O3. The van der Waals surface area contributed by atoms with E-state index in [1.807, 2.05) is 0 Å². The molecule has 2 N–H and O–H groups in total. The van der Waals surface area contributed by atoms with Gasteiger partial charge in [-0.05, 0) is 18.6 Å². The third-order valence-corrected chi connectivity index (χ3v) is 4.02. The van der Waals surface area contributed by atoms with Gasteiger partial charge in [-0.15, -0.1) is 0 Å². The maximum Gasteiger partial charge on any atom is 0.440 e. The Bertz CT molecular complexity index is 711. The Hall–Kier alpha value is -2.29. The fourth-order valence-corrected chi connectivity index (χ4v) is 2.55. The summed E-state index contributed by atoms with van der Waals surface area (Å²) in [6, 6.07) is 4.21. The van der Waals surface area contributed by atoms with E-state index in [1.54, 1.807) is 17.6 Å². The van der Waals surface area contributed by atoms with Crippen LogP contribution in [0.25, 0.3) is 0 Å². The average molecular weight is 378 g/mol. The Morgan fingerprint density at radius 2 is 1.96 bits per heavy atom. The molecule has 6 nitrogen and oxygen atoms in total. The molecule has 0 bridgehead atoms. The summed E-state index contributed by atoms with van der Waals surface area (Å²) in [5.41, 5.74) is -3.77. The smallest absolute Gasteiger partial charge is 0.314 e. The van der Waals surface area contributed by atoms with Crippen LogP contribution in [0.1, 0.15) is 30.1 Å². The first-order valence-corrected chi connectivity index (χ1v) is 7.79. The van der Waals surface area contributed by atoms with Gasteiger partial charge in [-0.3, -0.25) is 19.8 Å². The molecule has 0 aromatic heterocycles. The van der Waals surface area contributed by atoms with E-state index in [9.17, 15) is 27.6 Å². The summed E-state index contributed by atoms with van der Waals surface area (Å²) in [5.74, 6) is -2.80. The minimum absolute atomic E-state index is 0.0862. The quantitative estimate of drug-likeness (QED) is 0.774. The number of carbonyl (C=O) groups is 3. The molecule has 0 aliphatic carbocycles. The predicted molar refractivity (Wildman–Crippen MR) is 82.9 cm³/mol. The first-order chi connectivity index (χ1) is 11.6. The van der Waals surface area contributed by atoms with E-state index in [1.165, 1.54) is 24.3 Å². The molecule has 10 heteroatoms. The molecule has 0 spiro atoms. The van der Waals surface area contributed by atoms with Crippen molar-refractivity contribution in [3.05, 3.63) is 34.9 Å². The standard InChI is InChI=1S/C15H15ClF3N3O3/c1-2-3-8-22-12(24)14(15(17,18)19,21-13(22)25)20-11(23)9-6-4-5-7-10(9)16/h4-7H,2-3,8H2,1H3,(H,20,23)(H,21,25)/t14-/m1/s1. The first kappa shape index (κ1) is 19.0. The number of nitrogens with one attached hydrogen (secondary N) is 2. The summed E-state index contributed by atoms with van der Waals surface area (Å²) in [5, 5.41) is 3.09. The van der Waals surface area contributed by atoms with Crippen molar-refractivity contribution in [3.8, 4) is 0 Å². The van der Waals surface area contributed by atoms with Gasteiger partial charge in [0.2, 0.25) is 0 Å². The monoisotopic (exact) mass is 377 g/mol. The van der Waals surface area contributed by atoms with E-state index in [0.717, 1.165) is 0 Å². The highest BCUT2D eigenvalue weighted by atomic mass is 35.5. The molecule has 0 saturated carbocycles. The summed E-state index contributed by atoms with van der Waals surface area (Å²) in [4.78, 5) is 36.8. The van der Waals surface area contributed by atoms with Crippen LogP contribution < -0.4 is 10.6 Å². The minimum atomic E-state index is -5.24. The second-order valence-electron chi connectivity index (χ2n) is 5.42. The summed E-state index contributed by atoms with van der Waals surface area (Å²) < 4.78 is 40.8. The number of imide groups is 1. The average Bonchev–Trinajstić information content (AvgIpc) is 2.77. The molecule has 1 aliphatic rings. The zero-order valence-electron chi connectivity index (χ0n) is 13.1. The Morgan fingerprint density at radius 3 is 2.52 bits per heavy atom. The lowest BCUT2D eigenvalue weighted by Gasteiger charge is -2.30. The highest BCUT2D eigenvalue weighted by molar-refractivity contribution is 6.34. The molecule has 0 unspecified atom stereocenters. The number of carbonyl (C=O) groups excluding carboxylic acids is 3. The van der Waals surface area contributed by atoms with Crippen LogP contribution in [-0.2, 0) is 4.79 Å². The topological polar surface area (TPSA) is 78.5 Å². The van der Waals surface area contributed by atoms with E-state index < -0.39 is 29.7 Å². The van der Waals surface area contributed by atoms with Crippen molar-refractivity contribution >= 4 is 29.4 Å². The Morgan fingerprint density at radius 1 is 1.32 bits per heavy atom. The van der Waals surface area contributed by atoms with Gasteiger partial charge in [-0.25, -0.2) is 4.79 Å². The van der Waals surface area contributed by atoms with Crippen molar-refractivity contribution in [3.63, 3.8) is 0 Å².